The SMILES string of the molecule is N=C(O)CCC(=O)O.[Mo]. The van der Waals surface area contributed by atoms with Crippen LogP contribution in [-0.4, -0.2) is 22.1 Å². The average Bonchev–Trinajstić information content (AvgIpc) is 1.61. The number of hydrogen-bond donors (Lipinski definition) is 3. The Morgan fingerprint density at radius 2 is 1.78 bits per heavy atom. The standard InChI is InChI=1S/C4H7NO3.Mo/c5-3(6)1-2-4(7)8;/h1-2H2,(H2,5,6)(H,7,8);. The Bertz CT molecular complexity index is 100. The van der Waals surface area contributed by atoms with Crippen LogP contribution < -0.4 is 0 Å². The summed E-state index contributed by atoms with van der Waals surface area (Å²) in [4.78, 5) is 9.70. The Morgan fingerprint density at radius 1 is 1.33 bits per heavy atom. The van der Waals surface area contributed by atoms with Crippen LogP contribution in [0.5, 0.6) is 0 Å². The van der Waals surface area contributed by atoms with Crippen molar-refractivity contribution in [3.63, 3.8) is 0 Å². The van der Waals surface area contributed by atoms with Gasteiger partial charge in [-0.25, -0.2) is 0 Å². The largest absolute Gasteiger partial charge is 0.497 e. The van der Waals surface area contributed by atoms with Gasteiger partial charge in [-0.2, -0.15) is 0 Å². The maximum absolute atomic E-state index is 9.70. The molecule has 0 aromatic heterocycles. The van der Waals surface area contributed by atoms with Crippen LogP contribution >= 0.6 is 0 Å². The number of carbonyl (C=O) groups is 1. The third-order valence-corrected chi connectivity index (χ3v) is 0.576. The van der Waals surface area contributed by atoms with Crippen molar-refractivity contribution in [2.45, 2.75) is 12.8 Å². The Kier molecular flexibility index (Phi) is 7.31. The van der Waals surface area contributed by atoms with Crippen molar-refractivity contribution in [1.82, 2.24) is 0 Å². The Morgan fingerprint density at radius 3 is 1.89 bits per heavy atom. The minimum Gasteiger partial charge on any atom is -0.497 e. The Hall–Kier alpha value is -0.372. The third-order valence-electron chi connectivity index (χ3n) is 0.576. The number of aliphatic hydroxyl groups is 1. The monoisotopic (exact) mass is 215 g/mol. The maximum Gasteiger partial charge on any atom is 0.303 e. The van der Waals surface area contributed by atoms with E-state index < -0.39 is 11.9 Å². The fraction of sp³-hybridized carbons (Fsp3) is 0.500. The van der Waals surface area contributed by atoms with Gasteiger partial charge in [0.1, 0.15) is 0 Å². The van der Waals surface area contributed by atoms with Crippen LogP contribution in [0, 0.1) is 5.41 Å². The summed E-state index contributed by atoms with van der Waals surface area (Å²) >= 11 is 0. The molecule has 0 aliphatic rings. The molecule has 0 amide bonds. The van der Waals surface area contributed by atoms with Gasteiger partial charge in [-0.1, -0.05) is 0 Å². The molecule has 0 aromatic carbocycles. The molecule has 0 aliphatic heterocycles. The number of aliphatic hydroxyl groups excluding tert-OH is 1. The normalized spacial score (nSPS) is 7.56. The second-order valence-corrected chi connectivity index (χ2v) is 1.34. The van der Waals surface area contributed by atoms with Crippen LogP contribution in [0.15, 0.2) is 0 Å². The van der Waals surface area contributed by atoms with Crippen LogP contribution in [0.4, 0.5) is 0 Å². The molecule has 0 aromatic rings. The maximum atomic E-state index is 9.70. The van der Waals surface area contributed by atoms with Crippen molar-refractivity contribution in [2.75, 3.05) is 0 Å². The van der Waals surface area contributed by atoms with Crippen LogP contribution in [-0.2, 0) is 25.9 Å². The van der Waals surface area contributed by atoms with Gasteiger partial charge in [0.25, 0.3) is 0 Å². The van der Waals surface area contributed by atoms with Crippen LogP contribution in [0.25, 0.3) is 0 Å². The topological polar surface area (TPSA) is 81.4 Å². The fourth-order valence-corrected chi connectivity index (χ4v) is 0.225. The van der Waals surface area contributed by atoms with E-state index in [0.29, 0.717) is 0 Å². The van der Waals surface area contributed by atoms with E-state index >= 15 is 0 Å². The first kappa shape index (κ1) is 11.4. The van der Waals surface area contributed by atoms with Gasteiger partial charge in [-0.05, 0) is 0 Å². The van der Waals surface area contributed by atoms with Gasteiger partial charge in [-0.15, -0.1) is 0 Å². The van der Waals surface area contributed by atoms with E-state index in [1.54, 1.807) is 0 Å². The summed E-state index contributed by atoms with van der Waals surface area (Å²) in [5.74, 6) is -1.57. The predicted octanol–water partition coefficient (Wildman–Crippen LogP) is 0.384. The van der Waals surface area contributed by atoms with E-state index in [2.05, 4.69) is 0 Å². The fourth-order valence-electron chi connectivity index (χ4n) is 0.225. The average molecular weight is 213 g/mol. The van der Waals surface area contributed by atoms with Crippen molar-refractivity contribution in [2.24, 2.45) is 0 Å². The third kappa shape index (κ3) is 11.3. The zero-order chi connectivity index (χ0) is 6.57. The molecule has 0 saturated heterocycles. The van der Waals surface area contributed by atoms with E-state index in [0.717, 1.165) is 0 Å². The first-order valence-electron chi connectivity index (χ1n) is 2.11. The molecular weight excluding hydrogens is 206 g/mol. The number of hydrogen-bond acceptors (Lipinski definition) is 2. The molecule has 0 unspecified atom stereocenters. The quantitative estimate of drug-likeness (QED) is 0.360. The molecule has 52 valence electrons. The summed E-state index contributed by atoms with van der Waals surface area (Å²) in [5, 5.41) is 22.5. The molecule has 0 atom stereocenters. The van der Waals surface area contributed by atoms with Crippen LogP contribution in [0.3, 0.4) is 0 Å². The van der Waals surface area contributed by atoms with Gasteiger partial charge >= 0.3 is 5.97 Å². The first-order valence-corrected chi connectivity index (χ1v) is 2.11. The molecule has 0 aliphatic carbocycles. The molecule has 3 N–H and O–H groups in total. The first-order chi connectivity index (χ1) is 3.63. The van der Waals surface area contributed by atoms with Crippen molar-refractivity contribution in [3.8, 4) is 0 Å². The van der Waals surface area contributed by atoms with E-state index in [-0.39, 0.29) is 33.9 Å². The van der Waals surface area contributed by atoms with Gasteiger partial charge in [0.15, 0.2) is 5.90 Å². The second-order valence-electron chi connectivity index (χ2n) is 1.34. The van der Waals surface area contributed by atoms with Crippen molar-refractivity contribution in [3.05, 3.63) is 0 Å². The van der Waals surface area contributed by atoms with E-state index in [1.807, 2.05) is 0 Å². The molecular formula is C4H7MoNO3. The Labute approximate surface area is 66.7 Å². The molecule has 0 heterocycles. The van der Waals surface area contributed by atoms with Crippen LogP contribution in [0.1, 0.15) is 12.8 Å². The molecule has 0 spiro atoms. The number of aliphatic carboxylic acids is 1. The van der Waals surface area contributed by atoms with Crippen LogP contribution in [0.2, 0.25) is 0 Å². The molecule has 4 nitrogen and oxygen atoms in total. The molecule has 0 bridgehead atoms. The van der Waals surface area contributed by atoms with Crippen molar-refractivity contribution in [1.29, 1.82) is 5.41 Å². The summed E-state index contributed by atoms with van der Waals surface area (Å²) in [6, 6.07) is 0. The van der Waals surface area contributed by atoms with Crippen molar-refractivity contribution >= 4 is 11.9 Å². The Balaban J connectivity index is 0. The van der Waals surface area contributed by atoms with Gasteiger partial charge in [0.2, 0.25) is 0 Å². The van der Waals surface area contributed by atoms with E-state index in [1.165, 1.54) is 0 Å². The van der Waals surface area contributed by atoms with E-state index in [4.69, 9.17) is 15.6 Å². The molecule has 5 heteroatoms. The molecule has 9 heavy (non-hydrogen) atoms. The zero-order valence-electron chi connectivity index (χ0n) is 4.63. The number of rotatable bonds is 3. The number of carboxylic acid groups (broad SMARTS) is 1. The van der Waals surface area contributed by atoms with Crippen molar-refractivity contribution < 1.29 is 36.1 Å². The summed E-state index contributed by atoms with van der Waals surface area (Å²) in [7, 11) is 0. The number of carboxylic acids is 1. The minimum atomic E-state index is -0.996. The van der Waals surface area contributed by atoms with Gasteiger partial charge in [0.05, 0.1) is 6.42 Å². The summed E-state index contributed by atoms with van der Waals surface area (Å²) in [6.45, 7) is 0. The molecule has 0 rings (SSSR count). The summed E-state index contributed by atoms with van der Waals surface area (Å²) in [6.07, 6.45) is -0.245. The van der Waals surface area contributed by atoms with E-state index in [9.17, 15) is 4.79 Å². The summed E-state index contributed by atoms with van der Waals surface area (Å²) in [5.41, 5.74) is 0. The summed E-state index contributed by atoms with van der Waals surface area (Å²) < 4.78 is 0. The second kappa shape index (κ2) is 5.76. The molecule has 0 fully saturated rings. The van der Waals surface area contributed by atoms with Gasteiger partial charge < -0.3 is 10.2 Å². The predicted molar refractivity (Wildman–Crippen MR) is 27.2 cm³/mol. The zero-order valence-corrected chi connectivity index (χ0v) is 6.63. The molecule has 0 radical (unpaired) electrons. The minimum absolute atomic E-state index is 0. The van der Waals surface area contributed by atoms with Gasteiger partial charge in [-0.3, -0.25) is 10.2 Å². The smallest absolute Gasteiger partial charge is 0.303 e. The number of nitrogens with one attached hydrogen (secondary N) is 1. The molecule has 0 saturated carbocycles. The van der Waals surface area contributed by atoms with Gasteiger partial charge in [0, 0.05) is 27.5 Å².